The van der Waals surface area contributed by atoms with Gasteiger partial charge in [-0.05, 0) is 74.2 Å². The van der Waals surface area contributed by atoms with Crippen LogP contribution in [-0.2, 0) is 42.9 Å². The number of quaternary nitrogens is 1. The molecule has 1 unspecified atom stereocenters. The summed E-state index contributed by atoms with van der Waals surface area (Å²) in [6.07, 6.45) is 7.19. The van der Waals surface area contributed by atoms with E-state index in [0.717, 1.165) is 54.0 Å². The zero-order chi connectivity index (χ0) is 24.9. The van der Waals surface area contributed by atoms with Crippen LogP contribution in [0.25, 0.3) is 0 Å². The molecule has 0 radical (unpaired) electrons. The fourth-order valence-corrected chi connectivity index (χ4v) is 6.87. The average Bonchev–Trinajstić information content (AvgIpc) is 3.59. The number of hydrogen-bond donors (Lipinski definition) is 2. The maximum Gasteiger partial charge on any atom is 0.436 e. The number of amides is 2. The largest absolute Gasteiger partial charge is 0.608 e. The average molecular weight is 507 g/mol. The molecule has 12 heteroatoms. The zero-order valence-electron chi connectivity index (χ0n) is 20.0. The lowest BCUT2D eigenvalue weighted by Gasteiger charge is -2.31. The fraction of sp³-hybridized carbons (Fsp3) is 0.565. The Morgan fingerprint density at radius 1 is 1.23 bits per heavy atom. The number of alkyl halides is 1. The van der Waals surface area contributed by atoms with E-state index in [9.17, 15) is 22.8 Å². The van der Waals surface area contributed by atoms with Crippen LogP contribution >= 0.6 is 0 Å². The van der Waals surface area contributed by atoms with Crippen molar-refractivity contribution in [3.8, 4) is 0 Å². The molecule has 2 amide bonds. The number of anilines is 2. The minimum Gasteiger partial charge on any atom is -0.608 e. The minimum absolute atomic E-state index is 0.144. The highest BCUT2D eigenvalue weighted by atomic mass is 32.2. The monoisotopic (exact) mass is 506 g/mol. The van der Waals surface area contributed by atoms with Gasteiger partial charge < -0.3 is 5.21 Å². The van der Waals surface area contributed by atoms with Gasteiger partial charge in [0.25, 0.3) is 0 Å². The van der Waals surface area contributed by atoms with Gasteiger partial charge in [0.2, 0.25) is 0 Å². The number of aromatic nitrogens is 2. The summed E-state index contributed by atoms with van der Waals surface area (Å²) < 4.78 is 41.7. The van der Waals surface area contributed by atoms with Crippen molar-refractivity contribution in [1.82, 2.24) is 14.7 Å². The van der Waals surface area contributed by atoms with Gasteiger partial charge in [-0.3, -0.25) is 14.9 Å². The quantitative estimate of drug-likeness (QED) is 0.567. The van der Waals surface area contributed by atoms with Gasteiger partial charge >= 0.3 is 16.2 Å². The predicted octanol–water partition coefficient (Wildman–Crippen LogP) is 1.11. The Balaban J connectivity index is 1.43. The highest BCUT2D eigenvalue weighted by molar-refractivity contribution is 7.86. The van der Waals surface area contributed by atoms with Crippen LogP contribution in [0.3, 0.4) is 0 Å². The Hall–Kier alpha value is -2.54. The predicted molar refractivity (Wildman–Crippen MR) is 129 cm³/mol. The van der Waals surface area contributed by atoms with Crippen molar-refractivity contribution in [3.05, 3.63) is 45.9 Å². The number of rotatable bonds is 6. The molecule has 1 saturated heterocycles. The minimum atomic E-state index is -4.74. The van der Waals surface area contributed by atoms with Crippen molar-refractivity contribution in [1.29, 1.82) is 0 Å². The molecule has 2 N–H and O–H groups in total. The fourth-order valence-electron chi connectivity index (χ4n) is 5.64. The van der Waals surface area contributed by atoms with Gasteiger partial charge in [-0.15, -0.1) is 0 Å². The number of carbonyl (C=O) groups excluding carboxylic acids is 1. The molecule has 3 atom stereocenters. The number of benzene rings is 1. The van der Waals surface area contributed by atoms with Gasteiger partial charge in [-0.25, -0.2) is 13.5 Å². The van der Waals surface area contributed by atoms with Gasteiger partial charge in [0, 0.05) is 25.8 Å². The number of halogens is 1. The third kappa shape index (κ3) is 4.44. The van der Waals surface area contributed by atoms with E-state index in [1.807, 2.05) is 0 Å². The van der Waals surface area contributed by atoms with E-state index in [1.54, 1.807) is 19.0 Å². The Bertz CT molecular complexity index is 1220. The van der Waals surface area contributed by atoms with Gasteiger partial charge in [0.15, 0.2) is 0 Å². The van der Waals surface area contributed by atoms with Crippen molar-refractivity contribution < 1.29 is 22.1 Å². The first kappa shape index (κ1) is 24.2. The number of nitrogens with one attached hydrogen (secondary N) is 2. The van der Waals surface area contributed by atoms with E-state index in [0.29, 0.717) is 5.69 Å². The van der Waals surface area contributed by atoms with Gasteiger partial charge in [0.1, 0.15) is 6.17 Å². The Labute approximate surface area is 204 Å². The lowest BCUT2D eigenvalue weighted by molar-refractivity contribution is -0.604. The number of likely N-dealkylation sites (N-methyl/N-ethyl adjacent to an activating group) is 1. The van der Waals surface area contributed by atoms with Crippen LogP contribution in [-0.4, -0.2) is 61.5 Å². The molecule has 2 aromatic rings. The SMILES string of the molecule is CN1C[C@@H](F)C[C@H]1CN(c1cnn(C)c1)S(=O)(=O)[NH+]([O-])C(=O)Nc1c2c(cc3c1CCC3)CCC2. The van der Waals surface area contributed by atoms with Crippen LogP contribution in [0.5, 0.6) is 0 Å². The molecule has 3 aliphatic rings. The van der Waals surface area contributed by atoms with Crippen molar-refractivity contribution in [2.75, 3.05) is 29.8 Å². The van der Waals surface area contributed by atoms with Crippen molar-refractivity contribution in [2.24, 2.45) is 7.05 Å². The highest BCUT2D eigenvalue weighted by Gasteiger charge is 2.40. The number of likely N-dealkylation sites (tertiary alicyclic amines) is 1. The molecule has 10 nitrogen and oxygen atoms in total. The maximum atomic E-state index is 14.0. The number of urea groups is 1. The molecule has 0 spiro atoms. The molecule has 1 aliphatic heterocycles. The number of hydroxylamine groups is 1. The number of nitrogens with zero attached hydrogens (tertiary/aromatic N) is 4. The Morgan fingerprint density at radius 2 is 1.89 bits per heavy atom. The van der Waals surface area contributed by atoms with E-state index >= 15 is 0 Å². The van der Waals surface area contributed by atoms with Crippen LogP contribution in [0.15, 0.2) is 18.5 Å². The van der Waals surface area contributed by atoms with E-state index in [4.69, 9.17) is 0 Å². The summed E-state index contributed by atoms with van der Waals surface area (Å²) in [6.45, 7) is 0.0321. The smallest absolute Gasteiger partial charge is 0.436 e. The Kier molecular flexibility index (Phi) is 6.32. The van der Waals surface area contributed by atoms with Crippen LogP contribution in [0.2, 0.25) is 0 Å². The second-order valence-electron chi connectivity index (χ2n) is 9.81. The van der Waals surface area contributed by atoms with Crippen LogP contribution < -0.4 is 14.1 Å². The maximum absolute atomic E-state index is 14.0. The van der Waals surface area contributed by atoms with Crippen LogP contribution in [0.4, 0.5) is 20.6 Å². The molecule has 0 bridgehead atoms. The molecule has 190 valence electrons. The summed E-state index contributed by atoms with van der Waals surface area (Å²) in [5.41, 5.74) is 5.12. The zero-order valence-corrected chi connectivity index (χ0v) is 20.8. The summed E-state index contributed by atoms with van der Waals surface area (Å²) in [7, 11) is -1.40. The molecule has 35 heavy (non-hydrogen) atoms. The second-order valence-corrected chi connectivity index (χ2v) is 11.6. The topological polar surface area (TPSA) is 115 Å². The molecule has 1 fully saturated rings. The van der Waals surface area contributed by atoms with E-state index in [1.165, 1.54) is 28.2 Å². The lowest BCUT2D eigenvalue weighted by atomic mass is 9.99. The van der Waals surface area contributed by atoms with E-state index < -0.39 is 32.9 Å². The first-order chi connectivity index (χ1) is 16.6. The number of fused-ring (bicyclic) bond motifs is 2. The molecule has 2 heterocycles. The summed E-state index contributed by atoms with van der Waals surface area (Å²) in [4.78, 5) is 14.8. The first-order valence-electron chi connectivity index (χ1n) is 12.0. The highest BCUT2D eigenvalue weighted by Crippen LogP contribution is 2.38. The van der Waals surface area contributed by atoms with Crippen molar-refractivity contribution in [2.45, 2.75) is 57.2 Å². The van der Waals surface area contributed by atoms with Gasteiger partial charge in [-0.2, -0.15) is 18.0 Å². The summed E-state index contributed by atoms with van der Waals surface area (Å²) >= 11 is 0. The molecule has 0 saturated carbocycles. The standard InChI is InChI=1S/C23H31FN6O4S/c1-27-12-17(24)10-18(27)14-29(19-11-25-28(2)13-19)35(33,34)30(32)23(31)26-22-20-7-3-5-15(20)9-16-6-4-8-21(16)22/h9,11,13,17-18,30H,3-8,10,12,14H2,1-2H3,(H,26,31)/t17-,18-/m0/s1. The summed E-state index contributed by atoms with van der Waals surface area (Å²) in [5.74, 6) is 0. The molecule has 1 aromatic heterocycles. The molecule has 2 aliphatic carbocycles. The number of hydrogen-bond acceptors (Lipinski definition) is 6. The normalized spacial score (nSPS) is 22.7. The summed E-state index contributed by atoms with van der Waals surface area (Å²) in [6, 6.07) is 0.590. The number of carbonyl (C=O) groups is 1. The third-order valence-electron chi connectivity index (χ3n) is 7.41. The molecule has 5 rings (SSSR count). The Morgan fingerprint density at radius 3 is 2.43 bits per heavy atom. The third-order valence-corrected chi connectivity index (χ3v) is 9.01. The molecular formula is C23H31FN6O4S. The van der Waals surface area contributed by atoms with Gasteiger partial charge in [-0.1, -0.05) is 6.07 Å². The van der Waals surface area contributed by atoms with Crippen molar-refractivity contribution >= 4 is 27.6 Å². The van der Waals surface area contributed by atoms with Crippen LogP contribution in [0, 0.1) is 5.21 Å². The van der Waals surface area contributed by atoms with E-state index in [-0.39, 0.29) is 25.2 Å². The molecule has 1 aromatic carbocycles. The van der Waals surface area contributed by atoms with E-state index in [2.05, 4.69) is 16.5 Å². The van der Waals surface area contributed by atoms with Crippen molar-refractivity contribution in [3.63, 3.8) is 0 Å². The second kappa shape index (κ2) is 9.16. The number of aryl methyl sites for hydroxylation is 3. The first-order valence-corrected chi connectivity index (χ1v) is 13.5. The lowest BCUT2D eigenvalue weighted by Crippen LogP contribution is -3.14. The van der Waals surface area contributed by atoms with Crippen LogP contribution in [0.1, 0.15) is 41.5 Å². The molecular weight excluding hydrogens is 475 g/mol. The van der Waals surface area contributed by atoms with Gasteiger partial charge in [0.05, 0.1) is 24.1 Å². The summed E-state index contributed by atoms with van der Waals surface area (Å²) in [5, 5.41) is 19.9.